The first-order valence-electron chi connectivity index (χ1n) is 7.12. The number of nitrogens with one attached hydrogen (secondary N) is 3. The molecule has 0 aromatic heterocycles. The van der Waals surface area contributed by atoms with Crippen molar-refractivity contribution < 1.29 is 13.2 Å². The third-order valence-corrected chi connectivity index (χ3v) is 4.12. The number of aryl methyl sites for hydroxylation is 1. The van der Waals surface area contributed by atoms with E-state index in [9.17, 15) is 13.2 Å². The number of amides is 1. The first-order valence-corrected chi connectivity index (χ1v) is 9.01. The molecule has 126 valence electrons. The zero-order chi connectivity index (χ0) is 17.2. The number of hydrazone groups is 1. The number of hydrogen-bond acceptors (Lipinski definition) is 6. The van der Waals surface area contributed by atoms with Crippen molar-refractivity contribution in [2.45, 2.75) is 26.6 Å². The van der Waals surface area contributed by atoms with Gasteiger partial charge in [0.15, 0.2) is 0 Å². The van der Waals surface area contributed by atoms with Gasteiger partial charge >= 0.3 is 0 Å². The van der Waals surface area contributed by atoms with Crippen LogP contribution in [0, 0.1) is 12.8 Å². The van der Waals surface area contributed by atoms with Crippen molar-refractivity contribution in [2.24, 2.45) is 16.8 Å². The Morgan fingerprint density at radius 3 is 2.70 bits per heavy atom. The van der Waals surface area contributed by atoms with Gasteiger partial charge in [-0.1, -0.05) is 13.0 Å². The summed E-state index contributed by atoms with van der Waals surface area (Å²) in [7, 11) is -3.39. The normalized spacial score (nSPS) is 19.7. The van der Waals surface area contributed by atoms with Crippen LogP contribution in [0.5, 0.6) is 0 Å². The molecular formula is C14H21N5O3S. The fraction of sp³-hybridized carbons (Fsp3) is 0.429. The standard InChI is InChI=1S/C14H21N5O3S/c1-8-6-10(13-9(2)7-12(20)17-18-13)4-5-11(8)16-14(15)19-23(3,21)22/h4-6,9,14,16,19H,7,15H2,1-3H3,(H,17,20). The van der Waals surface area contributed by atoms with Gasteiger partial charge in [0.25, 0.3) is 0 Å². The lowest BCUT2D eigenvalue weighted by Gasteiger charge is -2.21. The second-order valence-corrected chi connectivity index (χ2v) is 7.46. The zero-order valence-electron chi connectivity index (χ0n) is 13.3. The van der Waals surface area contributed by atoms with Gasteiger partial charge < -0.3 is 5.32 Å². The van der Waals surface area contributed by atoms with Crippen LogP contribution in [0.2, 0.25) is 0 Å². The molecule has 9 heteroatoms. The first-order chi connectivity index (χ1) is 10.7. The van der Waals surface area contributed by atoms with E-state index in [1.165, 1.54) is 0 Å². The van der Waals surface area contributed by atoms with Gasteiger partial charge in [-0.2, -0.15) is 9.82 Å². The SMILES string of the molecule is Cc1cc(C2=NNC(=O)CC2C)ccc1NC(N)NS(C)(=O)=O. The first kappa shape index (κ1) is 17.4. The Labute approximate surface area is 135 Å². The topological polar surface area (TPSA) is 126 Å². The average Bonchev–Trinajstić information content (AvgIpc) is 2.39. The molecule has 0 radical (unpaired) electrons. The second kappa shape index (κ2) is 6.65. The number of sulfonamides is 1. The number of rotatable bonds is 5. The monoisotopic (exact) mass is 339 g/mol. The molecule has 0 saturated heterocycles. The van der Waals surface area contributed by atoms with Gasteiger partial charge in [-0.25, -0.2) is 13.8 Å². The molecule has 5 N–H and O–H groups in total. The summed E-state index contributed by atoms with van der Waals surface area (Å²) in [6, 6.07) is 5.58. The molecule has 1 amide bonds. The molecule has 0 spiro atoms. The van der Waals surface area contributed by atoms with Gasteiger partial charge in [-0.05, 0) is 30.2 Å². The summed E-state index contributed by atoms with van der Waals surface area (Å²) in [5.41, 5.74) is 11.5. The van der Waals surface area contributed by atoms with E-state index in [1.54, 1.807) is 6.07 Å². The van der Waals surface area contributed by atoms with Crippen LogP contribution in [0.25, 0.3) is 0 Å². The van der Waals surface area contributed by atoms with Crippen molar-refractivity contribution in [2.75, 3.05) is 11.6 Å². The van der Waals surface area contributed by atoms with Crippen molar-refractivity contribution in [1.82, 2.24) is 10.1 Å². The summed E-state index contributed by atoms with van der Waals surface area (Å²) in [5, 5.41) is 7.02. The van der Waals surface area contributed by atoms with Crippen LogP contribution in [0.15, 0.2) is 23.3 Å². The summed E-state index contributed by atoms with van der Waals surface area (Å²) in [4.78, 5) is 11.3. The van der Waals surface area contributed by atoms with E-state index in [2.05, 4.69) is 20.6 Å². The summed E-state index contributed by atoms with van der Waals surface area (Å²) < 4.78 is 24.6. The highest BCUT2D eigenvalue weighted by Gasteiger charge is 2.22. The van der Waals surface area contributed by atoms with Crippen molar-refractivity contribution in [3.05, 3.63) is 29.3 Å². The lowest BCUT2D eigenvalue weighted by atomic mass is 9.93. The molecule has 0 bridgehead atoms. The van der Waals surface area contributed by atoms with Gasteiger partial charge in [0.2, 0.25) is 15.9 Å². The van der Waals surface area contributed by atoms with E-state index in [4.69, 9.17) is 5.73 Å². The minimum absolute atomic E-state index is 0.0381. The lowest BCUT2D eigenvalue weighted by molar-refractivity contribution is -0.121. The molecule has 2 rings (SSSR count). The third-order valence-electron chi connectivity index (χ3n) is 3.43. The summed E-state index contributed by atoms with van der Waals surface area (Å²) in [6.45, 7) is 3.83. The molecule has 1 aromatic rings. The Morgan fingerprint density at radius 2 is 2.13 bits per heavy atom. The second-order valence-electron chi connectivity index (χ2n) is 5.68. The fourth-order valence-electron chi connectivity index (χ4n) is 2.41. The van der Waals surface area contributed by atoms with Gasteiger partial charge in [-0.3, -0.25) is 10.5 Å². The van der Waals surface area contributed by atoms with E-state index in [1.807, 2.05) is 26.0 Å². The maximum absolute atomic E-state index is 11.3. The van der Waals surface area contributed by atoms with E-state index < -0.39 is 16.3 Å². The predicted octanol–water partition coefficient (Wildman–Crippen LogP) is 0.0585. The van der Waals surface area contributed by atoms with Crippen LogP contribution < -0.4 is 21.2 Å². The fourth-order valence-corrected chi connectivity index (χ4v) is 2.94. The van der Waals surface area contributed by atoms with Gasteiger partial charge in [0.05, 0.1) is 12.0 Å². The maximum atomic E-state index is 11.3. The average molecular weight is 339 g/mol. The van der Waals surface area contributed by atoms with E-state index >= 15 is 0 Å². The van der Waals surface area contributed by atoms with Crippen LogP contribution in [0.1, 0.15) is 24.5 Å². The Hall–Kier alpha value is -1.97. The summed E-state index contributed by atoms with van der Waals surface area (Å²) in [5.74, 6) is -0.0507. The molecular weight excluding hydrogens is 318 g/mol. The molecule has 0 aliphatic carbocycles. The maximum Gasteiger partial charge on any atom is 0.240 e. The van der Waals surface area contributed by atoms with Crippen molar-refractivity contribution in [1.29, 1.82) is 0 Å². The molecule has 2 unspecified atom stereocenters. The highest BCUT2D eigenvalue weighted by Crippen LogP contribution is 2.21. The molecule has 8 nitrogen and oxygen atoms in total. The van der Waals surface area contributed by atoms with Crippen molar-refractivity contribution in [3.63, 3.8) is 0 Å². The molecule has 1 heterocycles. The van der Waals surface area contributed by atoms with Gasteiger partial charge in [0, 0.05) is 18.0 Å². The van der Waals surface area contributed by atoms with Crippen molar-refractivity contribution >= 4 is 27.3 Å². The smallest absolute Gasteiger partial charge is 0.240 e. The highest BCUT2D eigenvalue weighted by molar-refractivity contribution is 7.88. The minimum Gasteiger partial charge on any atom is -0.357 e. The number of hydrogen-bond donors (Lipinski definition) is 4. The number of carbonyl (C=O) groups is 1. The predicted molar refractivity (Wildman–Crippen MR) is 89.2 cm³/mol. The summed E-state index contributed by atoms with van der Waals surface area (Å²) >= 11 is 0. The molecule has 0 fully saturated rings. The van der Waals surface area contributed by atoms with Gasteiger partial charge in [-0.15, -0.1) is 0 Å². The van der Waals surface area contributed by atoms with Crippen LogP contribution in [-0.2, 0) is 14.8 Å². The van der Waals surface area contributed by atoms with Gasteiger partial charge in [0.1, 0.15) is 6.29 Å². The van der Waals surface area contributed by atoms with Crippen LogP contribution >= 0.6 is 0 Å². The van der Waals surface area contributed by atoms with Crippen LogP contribution in [0.4, 0.5) is 5.69 Å². The molecule has 1 aliphatic heterocycles. The number of nitrogens with two attached hydrogens (primary N) is 1. The molecule has 1 aromatic carbocycles. The van der Waals surface area contributed by atoms with Crippen LogP contribution in [0.3, 0.4) is 0 Å². The Kier molecular flexibility index (Phi) is 5.03. The lowest BCUT2D eigenvalue weighted by Crippen LogP contribution is -2.46. The summed E-state index contributed by atoms with van der Waals surface area (Å²) in [6.07, 6.45) is 0.530. The largest absolute Gasteiger partial charge is 0.357 e. The third kappa shape index (κ3) is 4.75. The minimum atomic E-state index is -3.39. The quantitative estimate of drug-likeness (QED) is 0.564. The molecule has 1 aliphatic rings. The molecule has 2 atom stereocenters. The number of carbonyl (C=O) groups excluding carboxylic acids is 1. The van der Waals surface area contributed by atoms with E-state index in [-0.39, 0.29) is 11.8 Å². The van der Waals surface area contributed by atoms with Crippen LogP contribution in [-0.4, -0.2) is 32.6 Å². The van der Waals surface area contributed by atoms with E-state index in [0.29, 0.717) is 12.1 Å². The Morgan fingerprint density at radius 1 is 1.43 bits per heavy atom. The molecule has 0 saturated carbocycles. The number of nitrogens with zero attached hydrogens (tertiary/aromatic N) is 1. The van der Waals surface area contributed by atoms with E-state index in [0.717, 1.165) is 23.1 Å². The Bertz CT molecular complexity index is 745. The zero-order valence-corrected chi connectivity index (χ0v) is 14.1. The Balaban J connectivity index is 2.17. The number of benzene rings is 1. The molecule has 23 heavy (non-hydrogen) atoms. The highest BCUT2D eigenvalue weighted by atomic mass is 32.2. The van der Waals surface area contributed by atoms with Crippen molar-refractivity contribution in [3.8, 4) is 0 Å². The number of anilines is 1.